The number of hydrogen-bond acceptors (Lipinski definition) is 5. The number of halogens is 1. The zero-order valence-corrected chi connectivity index (χ0v) is 13.1. The van der Waals surface area contributed by atoms with Crippen molar-refractivity contribution >= 4 is 40.2 Å². The van der Waals surface area contributed by atoms with E-state index in [0.29, 0.717) is 21.5 Å². The normalized spacial score (nSPS) is 13.7. The quantitative estimate of drug-likeness (QED) is 0.844. The van der Waals surface area contributed by atoms with Gasteiger partial charge in [0.15, 0.2) is 11.0 Å². The summed E-state index contributed by atoms with van der Waals surface area (Å²) in [7, 11) is 1.49. The molecule has 2 rings (SSSR count). The van der Waals surface area contributed by atoms with Crippen molar-refractivity contribution in [1.82, 2.24) is 5.32 Å². The van der Waals surface area contributed by atoms with E-state index in [1.165, 1.54) is 18.9 Å². The molecule has 21 heavy (non-hydrogen) atoms. The molecule has 7 heteroatoms. The van der Waals surface area contributed by atoms with Gasteiger partial charge in [0, 0.05) is 23.6 Å². The highest BCUT2D eigenvalue weighted by atomic mass is 35.5. The van der Waals surface area contributed by atoms with E-state index in [-0.39, 0.29) is 24.5 Å². The molecule has 5 nitrogen and oxygen atoms in total. The fourth-order valence-corrected chi connectivity index (χ4v) is 2.77. The predicted molar refractivity (Wildman–Crippen MR) is 84.5 cm³/mol. The summed E-state index contributed by atoms with van der Waals surface area (Å²) < 4.78 is 5.13. The van der Waals surface area contributed by atoms with Crippen LogP contribution in [-0.4, -0.2) is 36.3 Å². The van der Waals surface area contributed by atoms with Gasteiger partial charge >= 0.3 is 0 Å². The molecule has 0 fully saturated rings. The minimum Gasteiger partial charge on any atom is -0.496 e. The van der Waals surface area contributed by atoms with E-state index in [2.05, 4.69) is 10.3 Å². The first-order chi connectivity index (χ1) is 10.1. The van der Waals surface area contributed by atoms with Gasteiger partial charge in [0.1, 0.15) is 5.75 Å². The molecule has 0 bridgehead atoms. The van der Waals surface area contributed by atoms with Gasteiger partial charge in [-0.2, -0.15) is 0 Å². The van der Waals surface area contributed by atoms with E-state index in [1.54, 1.807) is 18.2 Å². The molecule has 0 aliphatic carbocycles. The molecule has 1 aromatic carbocycles. The number of amidine groups is 1. The van der Waals surface area contributed by atoms with Crippen molar-refractivity contribution in [1.29, 1.82) is 0 Å². The molecule has 1 aliphatic rings. The summed E-state index contributed by atoms with van der Waals surface area (Å²) >= 11 is 7.39. The molecule has 0 atom stereocenters. The standard InChI is InChI=1S/C14H15ClN2O3S/c1-20-12-4-2-9(15)8-10(12)11(18)3-5-13(19)17-14-16-6-7-21-14/h2,4,8H,3,5-7H2,1H3,(H,16,17,19). The number of nitrogens with one attached hydrogen (secondary N) is 1. The number of hydrogen-bond donors (Lipinski definition) is 1. The maximum absolute atomic E-state index is 12.2. The topological polar surface area (TPSA) is 67.8 Å². The van der Waals surface area contributed by atoms with Gasteiger partial charge in [-0.15, -0.1) is 0 Å². The molecule has 1 N–H and O–H groups in total. The monoisotopic (exact) mass is 326 g/mol. The van der Waals surface area contributed by atoms with Crippen LogP contribution in [0.3, 0.4) is 0 Å². The fourth-order valence-electron chi connectivity index (χ4n) is 1.85. The van der Waals surface area contributed by atoms with E-state index in [9.17, 15) is 9.59 Å². The van der Waals surface area contributed by atoms with Crippen molar-refractivity contribution in [3.8, 4) is 5.75 Å². The number of nitrogens with zero attached hydrogens (tertiary/aromatic N) is 1. The molecular formula is C14H15ClN2O3S. The average molecular weight is 327 g/mol. The second-order valence-corrected chi connectivity index (χ2v) is 5.87. The molecular weight excluding hydrogens is 312 g/mol. The third kappa shape index (κ3) is 4.47. The number of ketones is 1. The molecule has 0 saturated heterocycles. The Balaban J connectivity index is 1.92. The molecule has 0 saturated carbocycles. The van der Waals surface area contributed by atoms with Gasteiger partial charge < -0.3 is 10.1 Å². The minimum atomic E-state index is -0.211. The first-order valence-corrected chi connectivity index (χ1v) is 7.80. The lowest BCUT2D eigenvalue weighted by Gasteiger charge is -2.08. The Labute approximate surface area is 132 Å². The zero-order chi connectivity index (χ0) is 15.2. The summed E-state index contributed by atoms with van der Waals surface area (Å²) in [4.78, 5) is 28.0. The molecule has 1 aliphatic heterocycles. The lowest BCUT2D eigenvalue weighted by Crippen LogP contribution is -2.27. The van der Waals surface area contributed by atoms with E-state index >= 15 is 0 Å². The lowest BCUT2D eigenvalue weighted by atomic mass is 10.1. The summed E-state index contributed by atoms with van der Waals surface area (Å²) in [5, 5.41) is 3.78. The molecule has 1 aromatic rings. The van der Waals surface area contributed by atoms with Crippen molar-refractivity contribution in [3.05, 3.63) is 28.8 Å². The minimum absolute atomic E-state index is 0.0977. The summed E-state index contributed by atoms with van der Waals surface area (Å²) in [6.45, 7) is 0.721. The third-order valence-corrected chi connectivity index (χ3v) is 4.00. The number of ether oxygens (including phenoxy) is 1. The van der Waals surface area contributed by atoms with Crippen LogP contribution in [0.15, 0.2) is 23.2 Å². The van der Waals surface area contributed by atoms with Gasteiger partial charge in [-0.1, -0.05) is 23.4 Å². The van der Waals surface area contributed by atoms with Crippen LogP contribution in [0.2, 0.25) is 5.02 Å². The maximum atomic E-state index is 12.2. The first kappa shape index (κ1) is 15.9. The van der Waals surface area contributed by atoms with Crippen LogP contribution in [-0.2, 0) is 4.79 Å². The number of aliphatic imine (C=N–C) groups is 1. The molecule has 1 amide bonds. The van der Waals surface area contributed by atoms with Gasteiger partial charge in [0.2, 0.25) is 5.91 Å². The predicted octanol–water partition coefficient (Wildman–Crippen LogP) is 2.53. The number of carbonyl (C=O) groups is 2. The van der Waals surface area contributed by atoms with Gasteiger partial charge in [-0.25, -0.2) is 0 Å². The van der Waals surface area contributed by atoms with Crippen LogP contribution in [0.1, 0.15) is 23.2 Å². The lowest BCUT2D eigenvalue weighted by molar-refractivity contribution is -0.119. The van der Waals surface area contributed by atoms with Crippen LogP contribution >= 0.6 is 23.4 Å². The van der Waals surface area contributed by atoms with Crippen molar-refractivity contribution in [2.45, 2.75) is 12.8 Å². The summed E-state index contributed by atoms with van der Waals surface area (Å²) in [6.07, 6.45) is 0.203. The van der Waals surface area contributed by atoms with E-state index in [1.807, 2.05) is 0 Å². The van der Waals surface area contributed by atoms with Gasteiger partial charge in [-0.3, -0.25) is 14.6 Å². The highest BCUT2D eigenvalue weighted by Crippen LogP contribution is 2.24. The number of amides is 1. The fraction of sp³-hybridized carbons (Fsp3) is 0.357. The van der Waals surface area contributed by atoms with Crippen molar-refractivity contribution in [3.63, 3.8) is 0 Å². The number of methoxy groups -OCH3 is 1. The van der Waals surface area contributed by atoms with E-state index in [4.69, 9.17) is 16.3 Å². The Hall–Kier alpha value is -1.53. The summed E-state index contributed by atoms with van der Waals surface area (Å²) in [6, 6.07) is 4.84. The van der Waals surface area contributed by atoms with Crippen LogP contribution in [0, 0.1) is 0 Å². The third-order valence-electron chi connectivity index (χ3n) is 2.87. The molecule has 0 spiro atoms. The van der Waals surface area contributed by atoms with Crippen LogP contribution in [0.25, 0.3) is 0 Å². The van der Waals surface area contributed by atoms with Crippen molar-refractivity contribution in [2.75, 3.05) is 19.4 Å². The van der Waals surface area contributed by atoms with E-state index in [0.717, 1.165) is 12.3 Å². The number of rotatable bonds is 5. The van der Waals surface area contributed by atoms with Crippen LogP contribution in [0.5, 0.6) is 5.75 Å². The van der Waals surface area contributed by atoms with Crippen molar-refractivity contribution < 1.29 is 14.3 Å². The van der Waals surface area contributed by atoms with Gasteiger partial charge in [0.05, 0.1) is 19.2 Å². The van der Waals surface area contributed by atoms with E-state index < -0.39 is 0 Å². The number of carbonyl (C=O) groups excluding carboxylic acids is 2. The Morgan fingerprint density at radius 1 is 1.43 bits per heavy atom. The molecule has 1 heterocycles. The Morgan fingerprint density at radius 3 is 2.90 bits per heavy atom. The highest BCUT2D eigenvalue weighted by Gasteiger charge is 2.16. The number of Topliss-reactive ketones (excluding diaryl/α,β-unsaturated/α-hetero) is 1. The summed E-state index contributed by atoms with van der Waals surface area (Å²) in [5.74, 6) is 0.956. The smallest absolute Gasteiger partial charge is 0.226 e. The highest BCUT2D eigenvalue weighted by molar-refractivity contribution is 8.14. The Morgan fingerprint density at radius 2 is 2.24 bits per heavy atom. The van der Waals surface area contributed by atoms with Gasteiger partial charge in [-0.05, 0) is 18.2 Å². The molecule has 0 unspecified atom stereocenters. The second kappa shape index (κ2) is 7.47. The SMILES string of the molecule is COc1ccc(Cl)cc1C(=O)CCC(=O)NC1=NCCS1. The van der Waals surface area contributed by atoms with Crippen molar-refractivity contribution in [2.24, 2.45) is 4.99 Å². The number of benzene rings is 1. The second-order valence-electron chi connectivity index (χ2n) is 4.35. The Bertz CT molecular complexity index is 590. The first-order valence-electron chi connectivity index (χ1n) is 6.44. The van der Waals surface area contributed by atoms with Crippen LogP contribution < -0.4 is 10.1 Å². The summed E-state index contributed by atoms with van der Waals surface area (Å²) in [5.41, 5.74) is 0.394. The zero-order valence-electron chi connectivity index (χ0n) is 11.5. The average Bonchev–Trinajstić information content (AvgIpc) is 2.97. The number of thioether (sulfide) groups is 1. The van der Waals surface area contributed by atoms with Gasteiger partial charge in [0.25, 0.3) is 0 Å². The van der Waals surface area contributed by atoms with Crippen LogP contribution in [0.4, 0.5) is 0 Å². The molecule has 0 aromatic heterocycles. The molecule has 0 radical (unpaired) electrons. The maximum Gasteiger partial charge on any atom is 0.226 e. The Kier molecular flexibility index (Phi) is 5.64. The largest absolute Gasteiger partial charge is 0.496 e. The molecule has 112 valence electrons.